The zero-order chi connectivity index (χ0) is 19.4. The third-order valence-corrected chi connectivity index (χ3v) is 5.32. The van der Waals surface area contributed by atoms with E-state index >= 15 is 0 Å². The van der Waals surface area contributed by atoms with E-state index in [1.165, 1.54) is 5.69 Å². The first-order chi connectivity index (χ1) is 12.9. The van der Waals surface area contributed by atoms with E-state index in [-0.39, 0.29) is 11.2 Å². The van der Waals surface area contributed by atoms with Crippen molar-refractivity contribution in [3.8, 4) is 0 Å². The average molecular weight is 372 g/mol. The zero-order valence-corrected chi connectivity index (χ0v) is 16.7. The summed E-state index contributed by atoms with van der Waals surface area (Å²) in [6.07, 6.45) is 2.01. The van der Waals surface area contributed by atoms with Crippen LogP contribution in [0.15, 0.2) is 35.3 Å². The lowest BCUT2D eigenvalue weighted by Crippen LogP contribution is -2.43. The SMILES string of the molecule is CN=C(NCC(C)Cn1nc(C)cc1C)NCC1(c2ccccc2F)CC1. The van der Waals surface area contributed by atoms with Crippen molar-refractivity contribution in [3.63, 3.8) is 0 Å². The molecule has 1 aliphatic rings. The lowest BCUT2D eigenvalue weighted by Gasteiger charge is -2.21. The highest BCUT2D eigenvalue weighted by molar-refractivity contribution is 5.79. The topological polar surface area (TPSA) is 54.2 Å². The van der Waals surface area contributed by atoms with Gasteiger partial charge < -0.3 is 10.6 Å². The van der Waals surface area contributed by atoms with Gasteiger partial charge in [0, 0.05) is 37.8 Å². The first-order valence-electron chi connectivity index (χ1n) is 9.64. The summed E-state index contributed by atoms with van der Waals surface area (Å²) in [5.41, 5.74) is 2.94. The van der Waals surface area contributed by atoms with Gasteiger partial charge in [-0.3, -0.25) is 9.67 Å². The molecule has 1 aromatic heterocycles. The predicted octanol–water partition coefficient (Wildman–Crippen LogP) is 3.17. The van der Waals surface area contributed by atoms with Gasteiger partial charge in [0.25, 0.3) is 0 Å². The van der Waals surface area contributed by atoms with Crippen molar-refractivity contribution in [2.24, 2.45) is 10.9 Å². The molecule has 2 aromatic rings. The fourth-order valence-electron chi connectivity index (χ4n) is 3.55. The molecule has 0 aliphatic heterocycles. The van der Waals surface area contributed by atoms with Crippen molar-refractivity contribution in [2.75, 3.05) is 20.1 Å². The van der Waals surface area contributed by atoms with Crippen LogP contribution in [-0.2, 0) is 12.0 Å². The molecule has 3 rings (SSSR count). The van der Waals surface area contributed by atoms with Gasteiger partial charge >= 0.3 is 0 Å². The first-order valence-corrected chi connectivity index (χ1v) is 9.64. The van der Waals surface area contributed by atoms with Crippen molar-refractivity contribution in [1.29, 1.82) is 0 Å². The summed E-state index contributed by atoms with van der Waals surface area (Å²) < 4.78 is 16.2. The number of halogens is 1. The number of hydrogen-bond donors (Lipinski definition) is 2. The molecule has 0 radical (unpaired) electrons. The second-order valence-electron chi connectivity index (χ2n) is 7.78. The number of guanidine groups is 1. The molecule has 0 bridgehead atoms. The zero-order valence-electron chi connectivity index (χ0n) is 16.7. The van der Waals surface area contributed by atoms with Crippen LogP contribution in [0.1, 0.15) is 36.7 Å². The van der Waals surface area contributed by atoms with E-state index in [0.29, 0.717) is 12.5 Å². The summed E-state index contributed by atoms with van der Waals surface area (Å²) >= 11 is 0. The minimum absolute atomic E-state index is 0.0989. The number of nitrogens with zero attached hydrogens (tertiary/aromatic N) is 3. The molecule has 0 saturated heterocycles. The van der Waals surface area contributed by atoms with Gasteiger partial charge in [-0.2, -0.15) is 5.10 Å². The van der Waals surface area contributed by atoms with Crippen molar-refractivity contribution < 1.29 is 4.39 Å². The van der Waals surface area contributed by atoms with Crippen molar-refractivity contribution in [3.05, 3.63) is 53.1 Å². The van der Waals surface area contributed by atoms with Crippen LogP contribution in [-0.4, -0.2) is 35.9 Å². The molecular weight excluding hydrogens is 341 g/mol. The van der Waals surface area contributed by atoms with Gasteiger partial charge in [-0.05, 0) is 50.3 Å². The predicted molar refractivity (Wildman–Crippen MR) is 108 cm³/mol. The van der Waals surface area contributed by atoms with Gasteiger partial charge in [0.05, 0.1) is 5.69 Å². The number of aromatic nitrogens is 2. The number of hydrogen-bond acceptors (Lipinski definition) is 2. The molecule has 1 aromatic carbocycles. The summed E-state index contributed by atoms with van der Waals surface area (Å²) in [4.78, 5) is 4.31. The Morgan fingerprint density at radius 3 is 2.63 bits per heavy atom. The van der Waals surface area contributed by atoms with E-state index in [0.717, 1.165) is 43.1 Å². The Balaban J connectivity index is 1.50. The van der Waals surface area contributed by atoms with Crippen LogP contribution in [0.25, 0.3) is 0 Å². The molecule has 1 fully saturated rings. The fourth-order valence-corrected chi connectivity index (χ4v) is 3.55. The van der Waals surface area contributed by atoms with E-state index in [1.54, 1.807) is 19.2 Å². The third kappa shape index (κ3) is 4.67. The van der Waals surface area contributed by atoms with Crippen LogP contribution >= 0.6 is 0 Å². The Hall–Kier alpha value is -2.37. The maximum atomic E-state index is 14.1. The number of nitrogens with one attached hydrogen (secondary N) is 2. The number of rotatable bonds is 7. The van der Waals surface area contributed by atoms with Gasteiger partial charge in [-0.25, -0.2) is 4.39 Å². The lowest BCUT2D eigenvalue weighted by molar-refractivity contribution is 0.435. The van der Waals surface area contributed by atoms with Gasteiger partial charge in [-0.15, -0.1) is 0 Å². The quantitative estimate of drug-likeness (QED) is 0.581. The van der Waals surface area contributed by atoms with Crippen molar-refractivity contribution in [2.45, 2.75) is 45.6 Å². The standard InChI is InChI=1S/C21H30FN5/c1-15(13-27-17(3)11-16(2)26-27)12-24-20(23-4)25-14-21(9-10-21)18-7-5-6-8-19(18)22/h5-8,11,15H,9-10,12-14H2,1-4H3,(H2,23,24,25). The van der Waals surface area contributed by atoms with Gasteiger partial charge in [0.1, 0.15) is 5.82 Å². The molecule has 146 valence electrons. The second kappa shape index (κ2) is 8.11. The van der Waals surface area contributed by atoms with Crippen LogP contribution in [0.4, 0.5) is 4.39 Å². The van der Waals surface area contributed by atoms with Crippen molar-refractivity contribution >= 4 is 5.96 Å². The summed E-state index contributed by atoms with van der Waals surface area (Å²) in [6.45, 7) is 8.64. The van der Waals surface area contributed by atoms with Gasteiger partial charge in [-0.1, -0.05) is 25.1 Å². The van der Waals surface area contributed by atoms with E-state index in [4.69, 9.17) is 0 Å². The highest BCUT2D eigenvalue weighted by atomic mass is 19.1. The number of benzene rings is 1. The van der Waals surface area contributed by atoms with E-state index in [1.807, 2.05) is 19.1 Å². The van der Waals surface area contributed by atoms with E-state index < -0.39 is 0 Å². The molecule has 1 atom stereocenters. The van der Waals surface area contributed by atoms with Crippen molar-refractivity contribution in [1.82, 2.24) is 20.4 Å². The Labute approximate surface area is 161 Å². The summed E-state index contributed by atoms with van der Waals surface area (Å²) in [5.74, 6) is 1.05. The second-order valence-corrected chi connectivity index (χ2v) is 7.78. The van der Waals surface area contributed by atoms with Crippen LogP contribution in [0.3, 0.4) is 0 Å². The Morgan fingerprint density at radius 1 is 1.30 bits per heavy atom. The number of aliphatic imine (C=N–C) groups is 1. The van der Waals surface area contributed by atoms with Crippen LogP contribution in [0.5, 0.6) is 0 Å². The Bertz CT molecular complexity index is 807. The summed E-state index contributed by atoms with van der Waals surface area (Å²) in [6, 6.07) is 9.19. The molecule has 27 heavy (non-hydrogen) atoms. The molecule has 1 aliphatic carbocycles. The van der Waals surface area contributed by atoms with Crippen LogP contribution < -0.4 is 10.6 Å². The molecular formula is C21H30FN5. The van der Waals surface area contributed by atoms with Gasteiger partial charge in [0.2, 0.25) is 0 Å². The van der Waals surface area contributed by atoms with E-state index in [9.17, 15) is 4.39 Å². The molecule has 2 N–H and O–H groups in total. The highest BCUT2D eigenvalue weighted by Gasteiger charge is 2.45. The normalized spacial score (nSPS) is 16.9. The van der Waals surface area contributed by atoms with Crippen LogP contribution in [0.2, 0.25) is 0 Å². The fraction of sp³-hybridized carbons (Fsp3) is 0.524. The molecule has 0 spiro atoms. The Kier molecular flexibility index (Phi) is 5.82. The van der Waals surface area contributed by atoms with Crippen LogP contribution in [0, 0.1) is 25.6 Å². The largest absolute Gasteiger partial charge is 0.356 e. The maximum Gasteiger partial charge on any atom is 0.191 e. The monoisotopic (exact) mass is 371 g/mol. The first kappa shape index (κ1) is 19.4. The molecule has 1 heterocycles. The minimum Gasteiger partial charge on any atom is -0.356 e. The third-order valence-electron chi connectivity index (χ3n) is 5.32. The van der Waals surface area contributed by atoms with Gasteiger partial charge in [0.15, 0.2) is 5.96 Å². The van der Waals surface area contributed by atoms with E-state index in [2.05, 4.69) is 45.3 Å². The molecule has 0 amide bonds. The highest BCUT2D eigenvalue weighted by Crippen LogP contribution is 2.48. The molecule has 5 nitrogen and oxygen atoms in total. The molecule has 1 unspecified atom stereocenters. The maximum absolute atomic E-state index is 14.1. The number of aryl methyl sites for hydroxylation is 2. The average Bonchev–Trinajstić information content (AvgIpc) is 3.35. The smallest absolute Gasteiger partial charge is 0.191 e. The molecule has 6 heteroatoms. The summed E-state index contributed by atoms with van der Waals surface area (Å²) in [5, 5.41) is 11.3. The summed E-state index contributed by atoms with van der Waals surface area (Å²) in [7, 11) is 1.77. The minimum atomic E-state index is -0.113. The lowest BCUT2D eigenvalue weighted by atomic mass is 9.95. The molecule has 1 saturated carbocycles. The Morgan fingerprint density at radius 2 is 2.04 bits per heavy atom.